The van der Waals surface area contributed by atoms with Gasteiger partial charge in [-0.15, -0.1) is 0 Å². The molecule has 1 saturated heterocycles. The molecule has 4 heterocycles. The zero-order valence-corrected chi connectivity index (χ0v) is 17.7. The molecular formula is C22H22F2N8O. The van der Waals surface area contributed by atoms with Crippen molar-refractivity contribution in [2.75, 3.05) is 18.4 Å². The van der Waals surface area contributed by atoms with Crippen LogP contribution in [0.2, 0.25) is 0 Å². The maximum absolute atomic E-state index is 13.5. The summed E-state index contributed by atoms with van der Waals surface area (Å²) in [5.74, 6) is -1.72. The highest BCUT2D eigenvalue weighted by molar-refractivity contribution is 5.98. The number of nitrogens with one attached hydrogen (secondary N) is 1. The fourth-order valence-electron chi connectivity index (χ4n) is 4.04. The second-order valence-corrected chi connectivity index (χ2v) is 7.98. The first-order chi connectivity index (χ1) is 15.9. The number of nitrogens with two attached hydrogens (primary N) is 1. The normalized spacial score (nSPS) is 15.7. The Bertz CT molecular complexity index is 1200. The highest BCUT2D eigenvalue weighted by atomic mass is 19.1. The predicted octanol–water partition coefficient (Wildman–Crippen LogP) is 2.70. The summed E-state index contributed by atoms with van der Waals surface area (Å²) in [6.07, 6.45) is 4.17. The van der Waals surface area contributed by atoms with Crippen LogP contribution in [0, 0.1) is 23.2 Å². The Hall–Kier alpha value is -3.91. The van der Waals surface area contributed by atoms with Gasteiger partial charge in [-0.1, -0.05) is 6.07 Å². The van der Waals surface area contributed by atoms with E-state index in [0.717, 1.165) is 0 Å². The van der Waals surface area contributed by atoms with Crippen LogP contribution in [0.4, 0.5) is 20.3 Å². The molecule has 0 atom stereocenters. The molecule has 1 fully saturated rings. The summed E-state index contributed by atoms with van der Waals surface area (Å²) >= 11 is 0. The van der Waals surface area contributed by atoms with E-state index in [-0.39, 0.29) is 17.8 Å². The van der Waals surface area contributed by atoms with Crippen molar-refractivity contribution in [2.45, 2.75) is 31.3 Å². The Morgan fingerprint density at radius 3 is 2.70 bits per heavy atom. The van der Waals surface area contributed by atoms with Crippen molar-refractivity contribution in [3.63, 3.8) is 0 Å². The Morgan fingerprint density at radius 1 is 1.24 bits per heavy atom. The molecule has 0 radical (unpaired) electrons. The molecule has 33 heavy (non-hydrogen) atoms. The number of amides is 1. The molecule has 9 nitrogen and oxygen atoms in total. The Kier molecular flexibility index (Phi) is 6.28. The SMILES string of the molecule is N#CCC1(n2cc(C(N)=O)c(Nc3ccnc(F)c3)n2)CCN(Cc2cccc(F)n2)CC1. The minimum Gasteiger partial charge on any atom is -0.365 e. The summed E-state index contributed by atoms with van der Waals surface area (Å²) in [5, 5.41) is 16.9. The summed E-state index contributed by atoms with van der Waals surface area (Å²) < 4.78 is 28.5. The molecule has 1 aliphatic heterocycles. The van der Waals surface area contributed by atoms with Crippen LogP contribution in [0.15, 0.2) is 42.7 Å². The molecule has 0 bridgehead atoms. The van der Waals surface area contributed by atoms with Crippen LogP contribution in [0.1, 0.15) is 35.3 Å². The van der Waals surface area contributed by atoms with E-state index in [1.807, 2.05) is 0 Å². The number of nitriles is 1. The zero-order chi connectivity index (χ0) is 23.4. The van der Waals surface area contributed by atoms with Crippen molar-refractivity contribution in [1.82, 2.24) is 24.6 Å². The molecule has 3 aromatic rings. The molecule has 0 aromatic carbocycles. The molecule has 4 rings (SSSR count). The molecule has 0 unspecified atom stereocenters. The van der Waals surface area contributed by atoms with E-state index in [1.54, 1.807) is 16.8 Å². The van der Waals surface area contributed by atoms with E-state index in [2.05, 4.69) is 31.4 Å². The number of piperidine rings is 1. The number of pyridine rings is 2. The van der Waals surface area contributed by atoms with Crippen molar-refractivity contribution in [3.8, 4) is 6.07 Å². The highest BCUT2D eigenvalue weighted by Crippen LogP contribution is 2.35. The van der Waals surface area contributed by atoms with E-state index in [4.69, 9.17) is 5.73 Å². The zero-order valence-electron chi connectivity index (χ0n) is 17.7. The number of anilines is 2. The first-order valence-electron chi connectivity index (χ1n) is 10.4. The van der Waals surface area contributed by atoms with Crippen LogP contribution in [-0.2, 0) is 12.1 Å². The van der Waals surface area contributed by atoms with Gasteiger partial charge >= 0.3 is 0 Å². The maximum Gasteiger partial charge on any atom is 0.254 e. The van der Waals surface area contributed by atoms with Crippen LogP contribution in [0.5, 0.6) is 0 Å². The summed E-state index contributed by atoms with van der Waals surface area (Å²) in [6, 6.07) is 9.64. The topological polar surface area (TPSA) is 126 Å². The van der Waals surface area contributed by atoms with Crippen molar-refractivity contribution < 1.29 is 13.6 Å². The summed E-state index contributed by atoms with van der Waals surface area (Å²) in [7, 11) is 0. The van der Waals surface area contributed by atoms with Gasteiger partial charge in [0.1, 0.15) is 5.56 Å². The largest absolute Gasteiger partial charge is 0.365 e. The number of carbonyl (C=O) groups is 1. The molecular weight excluding hydrogens is 430 g/mol. The smallest absolute Gasteiger partial charge is 0.254 e. The molecule has 3 aromatic heterocycles. The molecule has 1 aliphatic rings. The van der Waals surface area contributed by atoms with Gasteiger partial charge < -0.3 is 11.1 Å². The average molecular weight is 452 g/mol. The highest BCUT2D eigenvalue weighted by Gasteiger charge is 2.38. The molecule has 11 heteroatoms. The van der Waals surface area contributed by atoms with E-state index < -0.39 is 23.3 Å². The van der Waals surface area contributed by atoms with Gasteiger partial charge in [0, 0.05) is 43.8 Å². The fraction of sp³-hybridized carbons (Fsp3) is 0.318. The monoisotopic (exact) mass is 452 g/mol. The number of carbonyl (C=O) groups excluding carboxylic acids is 1. The second-order valence-electron chi connectivity index (χ2n) is 7.98. The van der Waals surface area contributed by atoms with Gasteiger partial charge in [0.15, 0.2) is 5.82 Å². The molecule has 170 valence electrons. The quantitative estimate of drug-likeness (QED) is 0.528. The number of nitrogens with zero attached hydrogens (tertiary/aromatic N) is 6. The van der Waals surface area contributed by atoms with Crippen LogP contribution in [-0.4, -0.2) is 43.6 Å². The van der Waals surface area contributed by atoms with Crippen LogP contribution >= 0.6 is 0 Å². The number of hydrogen-bond donors (Lipinski definition) is 2. The lowest BCUT2D eigenvalue weighted by Gasteiger charge is -2.40. The van der Waals surface area contributed by atoms with Crippen LogP contribution in [0.25, 0.3) is 0 Å². The van der Waals surface area contributed by atoms with Crippen molar-refractivity contribution in [3.05, 3.63) is 65.9 Å². The maximum atomic E-state index is 13.5. The summed E-state index contributed by atoms with van der Waals surface area (Å²) in [6.45, 7) is 1.75. The van der Waals surface area contributed by atoms with Crippen molar-refractivity contribution in [1.29, 1.82) is 5.26 Å². The first-order valence-corrected chi connectivity index (χ1v) is 10.4. The second kappa shape index (κ2) is 9.30. The Balaban J connectivity index is 1.56. The molecule has 1 amide bonds. The van der Waals surface area contributed by atoms with Gasteiger partial charge in [-0.25, -0.2) is 9.97 Å². The van der Waals surface area contributed by atoms with E-state index in [1.165, 1.54) is 30.6 Å². The van der Waals surface area contributed by atoms with Crippen LogP contribution in [0.3, 0.4) is 0 Å². The molecule has 0 spiro atoms. The third-order valence-corrected chi connectivity index (χ3v) is 5.81. The minimum absolute atomic E-state index is 0.135. The van der Waals surface area contributed by atoms with Gasteiger partial charge in [0.05, 0.1) is 23.7 Å². The number of primary amides is 1. The van der Waals surface area contributed by atoms with Crippen molar-refractivity contribution >= 4 is 17.4 Å². The van der Waals surface area contributed by atoms with Crippen LogP contribution < -0.4 is 11.1 Å². The molecule has 3 N–H and O–H groups in total. The summed E-state index contributed by atoms with van der Waals surface area (Å²) in [5.41, 5.74) is 6.04. The number of likely N-dealkylation sites (tertiary alicyclic amines) is 1. The standard InChI is InChI=1S/C22H22F2N8O/c23-18-3-1-2-16(28-18)13-31-10-6-22(5-8-25,7-11-31)32-14-17(20(26)33)21(30-32)29-15-4-9-27-19(24)12-15/h1-4,9,12,14H,5-7,10-11,13H2,(H2,26,33)(H,27,29,30). The molecule has 0 saturated carbocycles. The van der Waals surface area contributed by atoms with E-state index >= 15 is 0 Å². The fourth-order valence-corrected chi connectivity index (χ4v) is 4.04. The number of halogens is 2. The third kappa shape index (κ3) is 4.96. The third-order valence-electron chi connectivity index (χ3n) is 5.81. The summed E-state index contributed by atoms with van der Waals surface area (Å²) in [4.78, 5) is 21.6. The first kappa shape index (κ1) is 22.3. The average Bonchev–Trinajstić information content (AvgIpc) is 3.20. The number of hydrogen-bond acceptors (Lipinski definition) is 7. The van der Waals surface area contributed by atoms with Gasteiger partial charge in [-0.2, -0.15) is 19.1 Å². The van der Waals surface area contributed by atoms with Gasteiger partial charge in [-0.3, -0.25) is 14.4 Å². The van der Waals surface area contributed by atoms with Crippen molar-refractivity contribution in [2.24, 2.45) is 5.73 Å². The minimum atomic E-state index is -0.694. The number of rotatable bonds is 7. The van der Waals surface area contributed by atoms with Gasteiger partial charge in [-0.05, 0) is 31.0 Å². The lowest BCUT2D eigenvalue weighted by atomic mass is 9.85. The Labute approximate surface area is 188 Å². The van der Waals surface area contributed by atoms with Gasteiger partial charge in [0.2, 0.25) is 11.9 Å². The van der Waals surface area contributed by atoms with E-state index in [9.17, 15) is 18.8 Å². The van der Waals surface area contributed by atoms with Gasteiger partial charge in [0.25, 0.3) is 5.91 Å². The van der Waals surface area contributed by atoms with E-state index in [0.29, 0.717) is 43.9 Å². The lowest BCUT2D eigenvalue weighted by molar-refractivity contribution is 0.0959. The lowest BCUT2D eigenvalue weighted by Crippen LogP contribution is -2.46. The number of aromatic nitrogens is 4. The molecule has 0 aliphatic carbocycles. The predicted molar refractivity (Wildman–Crippen MR) is 115 cm³/mol. The Morgan fingerprint density at radius 2 is 2.03 bits per heavy atom.